The molecule has 1 rings (SSSR count). The molecule has 1 saturated heterocycles. The van der Waals surface area contributed by atoms with Crippen LogP contribution in [0.15, 0.2) is 0 Å². The van der Waals surface area contributed by atoms with Gasteiger partial charge in [-0.2, -0.15) is 0 Å². The Balaban J connectivity index is 2.49. The molecule has 0 radical (unpaired) electrons. The van der Waals surface area contributed by atoms with E-state index in [9.17, 15) is 4.79 Å². The summed E-state index contributed by atoms with van der Waals surface area (Å²) in [5, 5.41) is 10.3. The maximum Gasteiger partial charge on any atom is 0.317 e. The second-order valence-corrected chi connectivity index (χ2v) is 4.30. The topological polar surface area (TPSA) is 82.2 Å². The predicted octanol–water partition coefficient (Wildman–Crippen LogP) is 0.754. The van der Waals surface area contributed by atoms with Gasteiger partial charge in [-0.1, -0.05) is 6.92 Å². The molecular formula is C10H20N4O. The van der Waals surface area contributed by atoms with E-state index in [0.717, 1.165) is 12.8 Å². The Morgan fingerprint density at radius 1 is 1.53 bits per heavy atom. The number of hydrogen-bond donors (Lipinski definition) is 3. The summed E-state index contributed by atoms with van der Waals surface area (Å²) in [4.78, 5) is 13.3. The summed E-state index contributed by atoms with van der Waals surface area (Å²) >= 11 is 0. The van der Waals surface area contributed by atoms with Crippen LogP contribution in [-0.2, 0) is 0 Å². The third-order valence-electron chi connectivity index (χ3n) is 3.13. The number of amides is 2. The largest absolute Gasteiger partial charge is 0.387 e. The van der Waals surface area contributed by atoms with Crippen molar-refractivity contribution in [3.8, 4) is 0 Å². The molecule has 0 bridgehead atoms. The van der Waals surface area contributed by atoms with Crippen molar-refractivity contribution >= 4 is 11.9 Å². The van der Waals surface area contributed by atoms with Crippen LogP contribution in [0.1, 0.15) is 26.7 Å². The lowest BCUT2D eigenvalue weighted by atomic mass is 9.79. The highest BCUT2D eigenvalue weighted by molar-refractivity contribution is 5.83. The maximum absolute atomic E-state index is 11.5. The fourth-order valence-corrected chi connectivity index (χ4v) is 1.74. The van der Waals surface area contributed by atoms with Gasteiger partial charge in [-0.15, -0.1) is 0 Å². The summed E-state index contributed by atoms with van der Waals surface area (Å²) in [5.41, 5.74) is 5.33. The van der Waals surface area contributed by atoms with E-state index in [2.05, 4.69) is 5.32 Å². The highest BCUT2D eigenvalue weighted by Gasteiger charge is 2.34. The maximum atomic E-state index is 11.5. The summed E-state index contributed by atoms with van der Waals surface area (Å²) in [5.74, 6) is 0.234. The molecule has 4 N–H and O–H groups in total. The first-order chi connectivity index (χ1) is 6.99. The van der Waals surface area contributed by atoms with Gasteiger partial charge < -0.3 is 16.0 Å². The molecule has 0 aromatic rings. The molecule has 0 aromatic carbocycles. The molecule has 0 spiro atoms. The van der Waals surface area contributed by atoms with Crippen LogP contribution in [0, 0.1) is 10.8 Å². The molecule has 1 heterocycles. The molecule has 0 unspecified atom stereocenters. The molecule has 5 nitrogen and oxygen atoms in total. The average Bonchev–Trinajstić information content (AvgIpc) is 2.19. The fraction of sp³-hybridized carbons (Fsp3) is 0.800. The van der Waals surface area contributed by atoms with Crippen LogP contribution in [0.5, 0.6) is 0 Å². The average molecular weight is 212 g/mol. The van der Waals surface area contributed by atoms with Gasteiger partial charge in [-0.3, -0.25) is 5.41 Å². The number of carbonyl (C=O) groups is 1. The van der Waals surface area contributed by atoms with Gasteiger partial charge in [0.05, 0.1) is 5.84 Å². The van der Waals surface area contributed by atoms with Crippen molar-refractivity contribution in [3.05, 3.63) is 0 Å². The van der Waals surface area contributed by atoms with Crippen LogP contribution in [0.3, 0.4) is 0 Å². The van der Waals surface area contributed by atoms with Crippen LogP contribution in [0.25, 0.3) is 0 Å². The van der Waals surface area contributed by atoms with Gasteiger partial charge in [0.1, 0.15) is 0 Å². The number of hydrogen-bond acceptors (Lipinski definition) is 2. The minimum atomic E-state index is -0.219. The van der Waals surface area contributed by atoms with E-state index in [1.165, 1.54) is 0 Å². The number of nitrogens with one attached hydrogen (secondary N) is 2. The molecule has 86 valence electrons. The lowest BCUT2D eigenvalue weighted by Crippen LogP contribution is -2.49. The van der Waals surface area contributed by atoms with Crippen molar-refractivity contribution in [1.29, 1.82) is 5.41 Å². The smallest absolute Gasteiger partial charge is 0.317 e. The Bertz CT molecular complexity index is 256. The van der Waals surface area contributed by atoms with Gasteiger partial charge in [-0.05, 0) is 19.8 Å². The first-order valence-electron chi connectivity index (χ1n) is 5.37. The molecule has 0 aliphatic carbocycles. The van der Waals surface area contributed by atoms with Crippen LogP contribution in [0.4, 0.5) is 4.79 Å². The first kappa shape index (κ1) is 11.8. The van der Waals surface area contributed by atoms with Crippen LogP contribution >= 0.6 is 0 Å². The highest BCUT2D eigenvalue weighted by Crippen LogP contribution is 2.30. The lowest BCUT2D eigenvalue weighted by molar-refractivity contribution is 0.160. The van der Waals surface area contributed by atoms with Crippen molar-refractivity contribution < 1.29 is 4.79 Å². The fourth-order valence-electron chi connectivity index (χ4n) is 1.74. The van der Waals surface area contributed by atoms with E-state index < -0.39 is 0 Å². The van der Waals surface area contributed by atoms with Gasteiger partial charge >= 0.3 is 6.03 Å². The van der Waals surface area contributed by atoms with Gasteiger partial charge in [0.15, 0.2) is 0 Å². The van der Waals surface area contributed by atoms with E-state index in [1.54, 1.807) is 4.90 Å². The number of nitrogens with zero attached hydrogens (tertiary/aromatic N) is 1. The van der Waals surface area contributed by atoms with Crippen LogP contribution in [0.2, 0.25) is 0 Å². The SMILES string of the molecule is CCNC(=O)N1CCC(C)(C(=N)N)CC1. The summed E-state index contributed by atoms with van der Waals surface area (Å²) < 4.78 is 0. The number of nitrogens with two attached hydrogens (primary N) is 1. The Morgan fingerprint density at radius 2 is 2.07 bits per heavy atom. The van der Waals surface area contributed by atoms with Gasteiger partial charge in [0, 0.05) is 25.0 Å². The van der Waals surface area contributed by atoms with Crippen molar-refractivity contribution in [1.82, 2.24) is 10.2 Å². The second-order valence-electron chi connectivity index (χ2n) is 4.30. The summed E-state index contributed by atoms with van der Waals surface area (Å²) in [7, 11) is 0. The molecule has 0 saturated carbocycles. The molecular weight excluding hydrogens is 192 g/mol. The predicted molar refractivity (Wildman–Crippen MR) is 59.9 cm³/mol. The Labute approximate surface area is 90.5 Å². The monoisotopic (exact) mass is 212 g/mol. The zero-order valence-corrected chi connectivity index (χ0v) is 9.47. The molecule has 0 atom stereocenters. The number of likely N-dealkylation sites (tertiary alicyclic amines) is 1. The highest BCUT2D eigenvalue weighted by atomic mass is 16.2. The van der Waals surface area contributed by atoms with E-state index in [-0.39, 0.29) is 17.3 Å². The molecule has 1 aliphatic heterocycles. The molecule has 15 heavy (non-hydrogen) atoms. The summed E-state index contributed by atoms with van der Waals surface area (Å²) in [6.07, 6.45) is 1.55. The molecule has 5 heteroatoms. The van der Waals surface area contributed by atoms with Crippen molar-refractivity contribution in [3.63, 3.8) is 0 Å². The summed E-state index contributed by atoms with van der Waals surface area (Å²) in [6, 6.07) is -0.0110. The number of carbonyl (C=O) groups excluding carboxylic acids is 1. The summed E-state index contributed by atoms with van der Waals surface area (Å²) in [6.45, 7) is 5.91. The quantitative estimate of drug-likeness (QED) is 0.466. The third kappa shape index (κ3) is 2.61. The standard InChI is InChI=1S/C10H20N4O/c1-3-13-9(15)14-6-4-10(2,5-7-14)8(11)12/h3-7H2,1-2H3,(H3,11,12)(H,13,15). The van der Waals surface area contributed by atoms with E-state index in [4.69, 9.17) is 11.1 Å². The third-order valence-corrected chi connectivity index (χ3v) is 3.13. The Hall–Kier alpha value is -1.26. The lowest BCUT2D eigenvalue weighted by Gasteiger charge is -2.38. The van der Waals surface area contributed by atoms with E-state index in [0.29, 0.717) is 19.6 Å². The minimum Gasteiger partial charge on any atom is -0.387 e. The van der Waals surface area contributed by atoms with Gasteiger partial charge in [-0.25, -0.2) is 4.79 Å². The van der Waals surface area contributed by atoms with E-state index >= 15 is 0 Å². The molecule has 1 fully saturated rings. The van der Waals surface area contributed by atoms with Crippen molar-refractivity contribution in [2.45, 2.75) is 26.7 Å². The van der Waals surface area contributed by atoms with Crippen LogP contribution in [-0.4, -0.2) is 36.4 Å². The Kier molecular flexibility index (Phi) is 3.55. The number of urea groups is 1. The molecule has 0 aromatic heterocycles. The van der Waals surface area contributed by atoms with Gasteiger partial charge in [0.2, 0.25) is 0 Å². The first-order valence-corrected chi connectivity index (χ1v) is 5.37. The van der Waals surface area contributed by atoms with Crippen molar-refractivity contribution in [2.75, 3.05) is 19.6 Å². The zero-order chi connectivity index (χ0) is 11.5. The normalized spacial score (nSPS) is 19.7. The van der Waals surface area contributed by atoms with E-state index in [1.807, 2.05) is 13.8 Å². The molecule has 2 amide bonds. The Morgan fingerprint density at radius 3 is 2.47 bits per heavy atom. The molecule has 1 aliphatic rings. The number of rotatable bonds is 2. The zero-order valence-electron chi connectivity index (χ0n) is 9.47. The second kappa shape index (κ2) is 4.51. The minimum absolute atomic E-state index is 0.0110. The number of amidine groups is 1. The van der Waals surface area contributed by atoms with Crippen molar-refractivity contribution in [2.24, 2.45) is 11.1 Å². The van der Waals surface area contributed by atoms with Crippen LogP contribution < -0.4 is 11.1 Å². The number of piperidine rings is 1. The van der Waals surface area contributed by atoms with Gasteiger partial charge in [0.25, 0.3) is 0 Å².